The van der Waals surface area contributed by atoms with Crippen molar-refractivity contribution in [1.29, 1.82) is 5.26 Å². The van der Waals surface area contributed by atoms with Gasteiger partial charge in [0.05, 0.1) is 11.4 Å². The van der Waals surface area contributed by atoms with Crippen molar-refractivity contribution in [3.05, 3.63) is 59.7 Å². The van der Waals surface area contributed by atoms with E-state index < -0.39 is 0 Å². The van der Waals surface area contributed by atoms with E-state index in [1.807, 2.05) is 30.3 Å². The fourth-order valence-corrected chi connectivity index (χ4v) is 1.70. The van der Waals surface area contributed by atoms with E-state index >= 15 is 0 Å². The molecule has 0 bridgehead atoms. The largest absolute Gasteiger partial charge is 0.456 e. The van der Waals surface area contributed by atoms with Crippen LogP contribution in [0.5, 0.6) is 11.5 Å². The number of hydrogen-bond donors (Lipinski definition) is 0. The van der Waals surface area contributed by atoms with Gasteiger partial charge in [-0.2, -0.15) is 5.26 Å². The maximum Gasteiger partial charge on any atom is 0.145 e. The van der Waals surface area contributed by atoms with Crippen LogP contribution >= 0.6 is 11.6 Å². The van der Waals surface area contributed by atoms with Crippen LogP contribution in [0.15, 0.2) is 48.5 Å². The van der Waals surface area contributed by atoms with Crippen molar-refractivity contribution in [1.82, 2.24) is 0 Å². The molecule has 0 N–H and O–H groups in total. The highest BCUT2D eigenvalue weighted by atomic mass is 35.5. The van der Waals surface area contributed by atoms with Crippen LogP contribution < -0.4 is 4.74 Å². The van der Waals surface area contributed by atoms with E-state index in [2.05, 4.69) is 6.07 Å². The van der Waals surface area contributed by atoms with Gasteiger partial charge < -0.3 is 4.74 Å². The Hall–Kier alpha value is -1.98. The monoisotopic (exact) mass is 243 g/mol. The Balaban J connectivity index is 2.35. The van der Waals surface area contributed by atoms with Gasteiger partial charge in [0.15, 0.2) is 0 Å². The standard InChI is InChI=1S/C14H10ClNO/c15-9-11-5-1-3-7-13(11)17-14-8-4-2-6-12(14)10-16/h1-8H,9H2. The molecule has 0 aromatic heterocycles. The summed E-state index contributed by atoms with van der Waals surface area (Å²) in [5, 5.41) is 8.97. The molecule has 2 aromatic carbocycles. The fraction of sp³-hybridized carbons (Fsp3) is 0.0714. The van der Waals surface area contributed by atoms with Gasteiger partial charge in [0.2, 0.25) is 0 Å². The zero-order chi connectivity index (χ0) is 12.1. The zero-order valence-electron chi connectivity index (χ0n) is 9.06. The van der Waals surface area contributed by atoms with Gasteiger partial charge in [-0.05, 0) is 18.2 Å². The molecule has 2 rings (SSSR count). The molecular formula is C14H10ClNO. The first kappa shape index (κ1) is 11.5. The summed E-state index contributed by atoms with van der Waals surface area (Å²) < 4.78 is 5.72. The topological polar surface area (TPSA) is 33.0 Å². The molecule has 17 heavy (non-hydrogen) atoms. The lowest BCUT2D eigenvalue weighted by atomic mass is 10.2. The van der Waals surface area contributed by atoms with E-state index in [-0.39, 0.29) is 0 Å². The van der Waals surface area contributed by atoms with Crippen molar-refractivity contribution >= 4 is 11.6 Å². The van der Waals surface area contributed by atoms with E-state index in [0.29, 0.717) is 22.9 Å². The van der Waals surface area contributed by atoms with E-state index in [1.165, 1.54) is 0 Å². The fourth-order valence-electron chi connectivity index (χ4n) is 1.48. The molecule has 0 amide bonds. The van der Waals surface area contributed by atoms with Gasteiger partial charge in [0, 0.05) is 5.56 Å². The lowest BCUT2D eigenvalue weighted by molar-refractivity contribution is 0.477. The van der Waals surface area contributed by atoms with Gasteiger partial charge in [-0.3, -0.25) is 0 Å². The molecule has 0 fully saturated rings. The first-order chi connectivity index (χ1) is 8.35. The van der Waals surface area contributed by atoms with Crippen LogP contribution in [-0.2, 0) is 5.88 Å². The van der Waals surface area contributed by atoms with Crippen LogP contribution in [0.2, 0.25) is 0 Å². The normalized spacial score (nSPS) is 9.65. The average molecular weight is 244 g/mol. The van der Waals surface area contributed by atoms with Gasteiger partial charge in [0.25, 0.3) is 0 Å². The smallest absolute Gasteiger partial charge is 0.145 e. The molecular weight excluding hydrogens is 234 g/mol. The number of nitrogens with zero attached hydrogens (tertiary/aromatic N) is 1. The lowest BCUT2D eigenvalue weighted by Gasteiger charge is -2.10. The minimum Gasteiger partial charge on any atom is -0.456 e. The number of alkyl halides is 1. The quantitative estimate of drug-likeness (QED) is 0.761. The molecule has 0 heterocycles. The highest BCUT2D eigenvalue weighted by Gasteiger charge is 2.06. The number of ether oxygens (including phenoxy) is 1. The van der Waals surface area contributed by atoms with Gasteiger partial charge >= 0.3 is 0 Å². The van der Waals surface area contributed by atoms with E-state index in [9.17, 15) is 0 Å². The molecule has 0 aliphatic carbocycles. The van der Waals surface area contributed by atoms with Crippen molar-refractivity contribution in [3.8, 4) is 17.6 Å². The Bertz CT molecular complexity index is 560. The average Bonchev–Trinajstić information content (AvgIpc) is 2.40. The summed E-state index contributed by atoms with van der Waals surface area (Å²) in [4.78, 5) is 0. The second-order valence-electron chi connectivity index (χ2n) is 3.45. The zero-order valence-corrected chi connectivity index (χ0v) is 9.82. The van der Waals surface area contributed by atoms with Gasteiger partial charge in [-0.25, -0.2) is 0 Å². The van der Waals surface area contributed by atoms with Crippen molar-refractivity contribution < 1.29 is 4.74 Å². The third-order valence-corrected chi connectivity index (χ3v) is 2.63. The summed E-state index contributed by atoms with van der Waals surface area (Å²) in [7, 11) is 0. The van der Waals surface area contributed by atoms with Crippen LogP contribution in [-0.4, -0.2) is 0 Å². The summed E-state index contributed by atoms with van der Waals surface area (Å²) >= 11 is 5.83. The molecule has 0 saturated heterocycles. The van der Waals surface area contributed by atoms with Crippen molar-refractivity contribution in [3.63, 3.8) is 0 Å². The summed E-state index contributed by atoms with van der Waals surface area (Å²) in [5.41, 5.74) is 1.42. The first-order valence-electron chi connectivity index (χ1n) is 5.16. The second kappa shape index (κ2) is 5.38. The number of hydrogen-bond acceptors (Lipinski definition) is 2. The molecule has 3 heteroatoms. The predicted octanol–water partition coefficient (Wildman–Crippen LogP) is 4.09. The maximum absolute atomic E-state index is 8.97. The highest BCUT2D eigenvalue weighted by molar-refractivity contribution is 6.17. The van der Waals surface area contributed by atoms with Crippen molar-refractivity contribution in [2.45, 2.75) is 5.88 Å². The molecule has 0 spiro atoms. The first-order valence-corrected chi connectivity index (χ1v) is 5.69. The molecule has 0 aliphatic heterocycles. The van der Waals surface area contributed by atoms with Crippen LogP contribution in [0.3, 0.4) is 0 Å². The molecule has 84 valence electrons. The van der Waals surface area contributed by atoms with Gasteiger partial charge in [0.1, 0.15) is 17.6 Å². The minimum absolute atomic E-state index is 0.380. The molecule has 0 aliphatic rings. The van der Waals surface area contributed by atoms with E-state index in [0.717, 1.165) is 5.56 Å². The SMILES string of the molecule is N#Cc1ccccc1Oc1ccccc1CCl. The Morgan fingerprint density at radius 3 is 2.35 bits per heavy atom. The summed E-state index contributed by atoms with van der Waals surface area (Å²) in [6.45, 7) is 0. The lowest BCUT2D eigenvalue weighted by Crippen LogP contribution is -1.91. The minimum atomic E-state index is 0.380. The molecule has 2 nitrogen and oxygen atoms in total. The second-order valence-corrected chi connectivity index (χ2v) is 3.72. The van der Waals surface area contributed by atoms with Crippen molar-refractivity contribution in [2.75, 3.05) is 0 Å². The van der Waals surface area contributed by atoms with Crippen LogP contribution in [0.25, 0.3) is 0 Å². The maximum atomic E-state index is 8.97. The third-order valence-electron chi connectivity index (χ3n) is 2.34. The van der Waals surface area contributed by atoms with Crippen LogP contribution in [0.1, 0.15) is 11.1 Å². The number of para-hydroxylation sites is 2. The van der Waals surface area contributed by atoms with Crippen LogP contribution in [0.4, 0.5) is 0 Å². The molecule has 2 aromatic rings. The predicted molar refractivity (Wildman–Crippen MR) is 67.2 cm³/mol. The van der Waals surface area contributed by atoms with E-state index in [1.54, 1.807) is 18.2 Å². The summed E-state index contributed by atoms with van der Waals surface area (Å²) in [5.74, 6) is 1.61. The van der Waals surface area contributed by atoms with Gasteiger partial charge in [-0.15, -0.1) is 11.6 Å². The molecule has 0 atom stereocenters. The number of halogens is 1. The Morgan fingerprint density at radius 2 is 1.65 bits per heavy atom. The van der Waals surface area contributed by atoms with Gasteiger partial charge in [-0.1, -0.05) is 30.3 Å². The highest BCUT2D eigenvalue weighted by Crippen LogP contribution is 2.28. The number of benzene rings is 2. The van der Waals surface area contributed by atoms with Crippen LogP contribution in [0, 0.1) is 11.3 Å². The Kier molecular flexibility index (Phi) is 3.64. The Morgan fingerprint density at radius 1 is 1.00 bits per heavy atom. The van der Waals surface area contributed by atoms with Crippen molar-refractivity contribution in [2.24, 2.45) is 0 Å². The molecule has 0 unspecified atom stereocenters. The summed E-state index contributed by atoms with van der Waals surface area (Å²) in [6, 6.07) is 16.7. The molecule has 0 saturated carbocycles. The summed E-state index contributed by atoms with van der Waals surface area (Å²) in [6.07, 6.45) is 0. The third kappa shape index (κ3) is 2.58. The number of nitriles is 1. The molecule has 0 radical (unpaired) electrons. The Labute approximate surface area is 105 Å². The van der Waals surface area contributed by atoms with E-state index in [4.69, 9.17) is 21.6 Å². The number of rotatable bonds is 3.